The van der Waals surface area contributed by atoms with Gasteiger partial charge in [0.05, 0.1) is 16.4 Å². The van der Waals surface area contributed by atoms with Crippen LogP contribution in [0.15, 0.2) is 18.2 Å². The molecule has 1 heterocycles. The summed E-state index contributed by atoms with van der Waals surface area (Å²) in [6.07, 6.45) is 0.610. The molecular formula is C15H18N2O5. The number of anilines is 1. The molecule has 7 heteroatoms. The lowest BCUT2D eigenvalue weighted by Crippen LogP contribution is -2.42. The molecule has 0 aromatic heterocycles. The summed E-state index contributed by atoms with van der Waals surface area (Å²) in [5.74, 6) is -1.50. The Labute approximate surface area is 127 Å². The zero-order valence-electron chi connectivity index (χ0n) is 12.5. The number of hydrogen-bond acceptors (Lipinski definition) is 5. The van der Waals surface area contributed by atoms with E-state index in [1.165, 1.54) is 19.1 Å². The van der Waals surface area contributed by atoms with Crippen LogP contribution in [0.5, 0.6) is 0 Å². The quantitative estimate of drug-likeness (QED) is 0.520. The molecule has 22 heavy (non-hydrogen) atoms. The maximum Gasteiger partial charge on any atom is 0.308 e. The summed E-state index contributed by atoms with van der Waals surface area (Å²) in [5, 5.41) is 20.2. The second-order valence-corrected chi connectivity index (χ2v) is 5.80. The number of ketones is 1. The summed E-state index contributed by atoms with van der Waals surface area (Å²) < 4.78 is 0. The highest BCUT2D eigenvalue weighted by atomic mass is 16.6. The average molecular weight is 306 g/mol. The van der Waals surface area contributed by atoms with Crippen LogP contribution in [0.3, 0.4) is 0 Å². The number of benzene rings is 1. The molecule has 118 valence electrons. The molecule has 0 radical (unpaired) electrons. The minimum atomic E-state index is -0.842. The van der Waals surface area contributed by atoms with Crippen LogP contribution in [0.4, 0.5) is 11.4 Å². The van der Waals surface area contributed by atoms with E-state index in [-0.39, 0.29) is 23.0 Å². The van der Waals surface area contributed by atoms with E-state index >= 15 is 0 Å². The van der Waals surface area contributed by atoms with Gasteiger partial charge in [0.25, 0.3) is 5.69 Å². The number of piperidine rings is 1. The van der Waals surface area contributed by atoms with Crippen molar-refractivity contribution in [3.8, 4) is 0 Å². The smallest absolute Gasteiger partial charge is 0.308 e. The second-order valence-electron chi connectivity index (χ2n) is 5.80. The summed E-state index contributed by atoms with van der Waals surface area (Å²) in [6.45, 7) is 4.26. The first kappa shape index (κ1) is 15.9. The van der Waals surface area contributed by atoms with Crippen LogP contribution in [0.25, 0.3) is 0 Å². The molecule has 1 aliphatic rings. The first-order chi connectivity index (χ1) is 10.3. The van der Waals surface area contributed by atoms with Crippen LogP contribution in [0, 0.1) is 22.0 Å². The van der Waals surface area contributed by atoms with Gasteiger partial charge in [-0.25, -0.2) is 0 Å². The van der Waals surface area contributed by atoms with Gasteiger partial charge in [0.2, 0.25) is 0 Å². The van der Waals surface area contributed by atoms with Crippen molar-refractivity contribution in [2.45, 2.75) is 20.3 Å². The molecule has 7 nitrogen and oxygen atoms in total. The van der Waals surface area contributed by atoms with Gasteiger partial charge in [-0.05, 0) is 31.4 Å². The van der Waals surface area contributed by atoms with Crippen molar-refractivity contribution in [3.05, 3.63) is 33.9 Å². The number of nitrogens with zero attached hydrogens (tertiary/aromatic N) is 2. The first-order valence-electron chi connectivity index (χ1n) is 7.06. The highest BCUT2D eigenvalue weighted by molar-refractivity contribution is 5.99. The Bertz CT molecular complexity index is 628. The molecule has 1 saturated heterocycles. The van der Waals surface area contributed by atoms with Gasteiger partial charge >= 0.3 is 5.97 Å². The number of rotatable bonds is 4. The Hall–Kier alpha value is -2.44. The van der Waals surface area contributed by atoms with Gasteiger partial charge in [0.15, 0.2) is 5.78 Å². The third-order valence-electron chi connectivity index (χ3n) is 3.93. The number of Topliss-reactive ketones (excluding diaryl/α,β-unsaturated/α-hetero) is 1. The summed E-state index contributed by atoms with van der Waals surface area (Å²) in [7, 11) is 0. The molecule has 1 aromatic carbocycles. The van der Waals surface area contributed by atoms with Crippen LogP contribution in [0.1, 0.15) is 30.6 Å². The molecule has 1 N–H and O–H groups in total. The molecule has 2 unspecified atom stereocenters. The van der Waals surface area contributed by atoms with E-state index in [1.54, 1.807) is 6.07 Å². The van der Waals surface area contributed by atoms with E-state index in [9.17, 15) is 24.8 Å². The Kier molecular flexibility index (Phi) is 4.44. The van der Waals surface area contributed by atoms with Gasteiger partial charge in [-0.1, -0.05) is 6.92 Å². The zero-order chi connectivity index (χ0) is 16.4. The van der Waals surface area contributed by atoms with Crippen molar-refractivity contribution < 1.29 is 19.6 Å². The van der Waals surface area contributed by atoms with Crippen LogP contribution < -0.4 is 4.90 Å². The largest absolute Gasteiger partial charge is 0.481 e. The van der Waals surface area contributed by atoms with E-state index < -0.39 is 16.8 Å². The van der Waals surface area contributed by atoms with E-state index in [4.69, 9.17) is 0 Å². The maximum atomic E-state index is 11.6. The van der Waals surface area contributed by atoms with Gasteiger partial charge < -0.3 is 10.0 Å². The highest BCUT2D eigenvalue weighted by Gasteiger charge is 2.30. The first-order valence-corrected chi connectivity index (χ1v) is 7.06. The van der Waals surface area contributed by atoms with Gasteiger partial charge in [-0.15, -0.1) is 0 Å². The molecule has 0 bridgehead atoms. The fourth-order valence-electron chi connectivity index (χ4n) is 2.90. The van der Waals surface area contributed by atoms with Crippen LogP contribution >= 0.6 is 0 Å². The number of carboxylic acids is 1. The molecular weight excluding hydrogens is 288 g/mol. The fourth-order valence-corrected chi connectivity index (χ4v) is 2.90. The summed E-state index contributed by atoms with van der Waals surface area (Å²) in [4.78, 5) is 35.1. The number of nitro benzene ring substituents is 1. The van der Waals surface area contributed by atoms with Gasteiger partial charge in [-0.2, -0.15) is 0 Å². The normalized spacial score (nSPS) is 21.5. The molecule has 1 aromatic rings. The number of hydrogen-bond donors (Lipinski definition) is 1. The third-order valence-corrected chi connectivity index (χ3v) is 3.93. The Balaban J connectivity index is 2.36. The number of nitro groups is 1. The molecule has 0 spiro atoms. The van der Waals surface area contributed by atoms with Crippen molar-refractivity contribution in [2.75, 3.05) is 18.0 Å². The molecule has 0 amide bonds. The highest BCUT2D eigenvalue weighted by Crippen LogP contribution is 2.30. The lowest BCUT2D eigenvalue weighted by Gasteiger charge is -2.36. The summed E-state index contributed by atoms with van der Waals surface area (Å²) >= 11 is 0. The number of carbonyl (C=O) groups excluding carboxylic acids is 1. The van der Waals surface area contributed by atoms with E-state index in [2.05, 4.69) is 0 Å². The van der Waals surface area contributed by atoms with Crippen LogP contribution in [-0.2, 0) is 4.79 Å². The van der Waals surface area contributed by atoms with E-state index in [0.29, 0.717) is 25.2 Å². The van der Waals surface area contributed by atoms with Gasteiger partial charge in [0.1, 0.15) is 0 Å². The Morgan fingerprint density at radius 3 is 2.59 bits per heavy atom. The molecule has 2 rings (SSSR count). The van der Waals surface area contributed by atoms with Gasteiger partial charge in [-0.3, -0.25) is 19.7 Å². The Morgan fingerprint density at radius 2 is 2.05 bits per heavy atom. The molecule has 0 saturated carbocycles. The number of carbonyl (C=O) groups is 2. The topological polar surface area (TPSA) is 101 Å². The summed E-state index contributed by atoms with van der Waals surface area (Å²) in [6, 6.07) is 4.36. The number of carboxylic acid groups (broad SMARTS) is 1. The number of aliphatic carboxylic acids is 1. The summed E-state index contributed by atoms with van der Waals surface area (Å²) in [5.41, 5.74) is 0.470. The fraction of sp³-hybridized carbons (Fsp3) is 0.467. The van der Waals surface area contributed by atoms with E-state index in [1.807, 2.05) is 11.8 Å². The van der Waals surface area contributed by atoms with E-state index in [0.717, 1.165) is 0 Å². The predicted molar refractivity (Wildman–Crippen MR) is 80.2 cm³/mol. The molecule has 2 atom stereocenters. The van der Waals surface area contributed by atoms with Crippen LogP contribution in [-0.4, -0.2) is 34.9 Å². The lowest BCUT2D eigenvalue weighted by molar-refractivity contribution is -0.385. The van der Waals surface area contributed by atoms with Gasteiger partial charge in [0, 0.05) is 24.8 Å². The van der Waals surface area contributed by atoms with Crippen molar-refractivity contribution in [3.63, 3.8) is 0 Å². The third kappa shape index (κ3) is 3.24. The van der Waals surface area contributed by atoms with Crippen LogP contribution in [0.2, 0.25) is 0 Å². The van der Waals surface area contributed by atoms with Crippen molar-refractivity contribution in [1.29, 1.82) is 0 Å². The minimum Gasteiger partial charge on any atom is -0.481 e. The SMILES string of the molecule is CC(=O)c1cc(N2CC(C)CC(C(=O)O)C2)ccc1[N+](=O)[O-]. The van der Waals surface area contributed by atoms with Crippen molar-refractivity contribution in [2.24, 2.45) is 11.8 Å². The monoisotopic (exact) mass is 306 g/mol. The minimum absolute atomic E-state index is 0.0487. The predicted octanol–water partition coefficient (Wildman–Crippen LogP) is 2.34. The second kappa shape index (κ2) is 6.13. The molecule has 1 fully saturated rings. The lowest BCUT2D eigenvalue weighted by atomic mass is 9.90. The van der Waals surface area contributed by atoms with Crippen molar-refractivity contribution in [1.82, 2.24) is 0 Å². The maximum absolute atomic E-state index is 11.6. The molecule has 1 aliphatic heterocycles. The van der Waals surface area contributed by atoms with Crippen molar-refractivity contribution >= 4 is 23.1 Å². The average Bonchev–Trinajstić information content (AvgIpc) is 2.45. The zero-order valence-corrected chi connectivity index (χ0v) is 12.5. The standard InChI is InChI=1S/C15H18N2O5/c1-9-5-11(15(19)20)8-16(7-9)12-3-4-14(17(21)22)13(6-12)10(2)18/h3-4,6,9,11H,5,7-8H2,1-2H3,(H,19,20). The molecule has 0 aliphatic carbocycles. The Morgan fingerprint density at radius 1 is 1.36 bits per heavy atom.